The van der Waals surface area contributed by atoms with Crippen LogP contribution in [0, 0.1) is 0 Å². The van der Waals surface area contributed by atoms with Gasteiger partial charge in [0.2, 0.25) is 0 Å². The van der Waals surface area contributed by atoms with Crippen LogP contribution < -0.4 is 10.6 Å². The van der Waals surface area contributed by atoms with Gasteiger partial charge in [-0.1, -0.05) is 18.2 Å². The number of carbonyl (C=O) groups excluding carboxylic acids is 1. The molecular formula is C14H12BrN5O. The van der Waals surface area contributed by atoms with Crippen LogP contribution in [0.3, 0.4) is 0 Å². The van der Waals surface area contributed by atoms with Crippen molar-refractivity contribution in [2.75, 3.05) is 5.32 Å². The first kappa shape index (κ1) is 13.6. The molecule has 0 saturated heterocycles. The molecule has 106 valence electrons. The molecule has 7 heteroatoms. The van der Waals surface area contributed by atoms with Gasteiger partial charge < -0.3 is 10.6 Å². The highest BCUT2D eigenvalue weighted by Crippen LogP contribution is 2.20. The highest BCUT2D eigenvalue weighted by Gasteiger charge is 2.08. The molecule has 0 unspecified atom stereocenters. The van der Waals surface area contributed by atoms with Crippen molar-refractivity contribution < 1.29 is 4.79 Å². The predicted molar refractivity (Wildman–Crippen MR) is 83.0 cm³/mol. The van der Waals surface area contributed by atoms with Gasteiger partial charge in [-0.3, -0.25) is 4.40 Å². The summed E-state index contributed by atoms with van der Waals surface area (Å²) in [5.74, 6) is 0.674. The molecule has 0 aliphatic rings. The highest BCUT2D eigenvalue weighted by atomic mass is 79.9. The number of para-hydroxylation sites is 1. The summed E-state index contributed by atoms with van der Waals surface area (Å²) in [6.45, 7) is 0.293. The van der Waals surface area contributed by atoms with E-state index in [2.05, 4.69) is 36.8 Å². The van der Waals surface area contributed by atoms with E-state index in [1.54, 1.807) is 0 Å². The topological polar surface area (TPSA) is 71.3 Å². The smallest absolute Gasteiger partial charge is 0.319 e. The zero-order valence-electron chi connectivity index (χ0n) is 11.0. The maximum absolute atomic E-state index is 11.9. The standard InChI is InChI=1S/C14H12BrN5O/c15-10-5-1-2-6-11(10)17-14(21)16-9-13-19-18-12-7-3-4-8-20(12)13/h1-8H,9H2,(H2,16,17,21). The quantitative estimate of drug-likeness (QED) is 0.766. The Labute approximate surface area is 129 Å². The Kier molecular flexibility index (Phi) is 3.83. The minimum absolute atomic E-state index is 0.293. The second kappa shape index (κ2) is 5.92. The molecule has 0 aliphatic carbocycles. The van der Waals surface area contributed by atoms with E-state index >= 15 is 0 Å². The molecule has 0 radical (unpaired) electrons. The van der Waals surface area contributed by atoms with E-state index in [1.165, 1.54) is 0 Å². The van der Waals surface area contributed by atoms with Crippen molar-refractivity contribution in [3.63, 3.8) is 0 Å². The number of carbonyl (C=O) groups is 1. The molecule has 0 atom stereocenters. The van der Waals surface area contributed by atoms with E-state index in [9.17, 15) is 4.79 Å². The molecule has 0 spiro atoms. The summed E-state index contributed by atoms with van der Waals surface area (Å²) in [4.78, 5) is 11.9. The molecule has 0 fully saturated rings. The number of aromatic nitrogens is 3. The summed E-state index contributed by atoms with van der Waals surface area (Å²) in [5.41, 5.74) is 1.46. The molecule has 21 heavy (non-hydrogen) atoms. The van der Waals surface area contributed by atoms with Crippen molar-refractivity contribution in [3.8, 4) is 0 Å². The van der Waals surface area contributed by atoms with E-state index in [-0.39, 0.29) is 6.03 Å². The van der Waals surface area contributed by atoms with Gasteiger partial charge in [0.05, 0.1) is 12.2 Å². The average molecular weight is 346 g/mol. The minimum atomic E-state index is -0.297. The molecule has 0 saturated carbocycles. The molecule has 2 amide bonds. The van der Waals surface area contributed by atoms with E-state index in [1.807, 2.05) is 53.1 Å². The van der Waals surface area contributed by atoms with Crippen molar-refractivity contribution >= 4 is 33.3 Å². The van der Waals surface area contributed by atoms with E-state index < -0.39 is 0 Å². The lowest BCUT2D eigenvalue weighted by molar-refractivity contribution is 0.251. The van der Waals surface area contributed by atoms with Crippen molar-refractivity contribution in [1.82, 2.24) is 19.9 Å². The lowest BCUT2D eigenvalue weighted by Crippen LogP contribution is -2.29. The molecule has 2 heterocycles. The Hall–Kier alpha value is -2.41. The van der Waals surface area contributed by atoms with Gasteiger partial charge in [0.1, 0.15) is 0 Å². The largest absolute Gasteiger partial charge is 0.331 e. The third-order valence-electron chi connectivity index (χ3n) is 2.91. The van der Waals surface area contributed by atoms with Crippen LogP contribution in [0.25, 0.3) is 5.65 Å². The molecule has 6 nitrogen and oxygen atoms in total. The van der Waals surface area contributed by atoms with Crippen LogP contribution in [0.2, 0.25) is 0 Å². The Morgan fingerprint density at radius 1 is 1.14 bits per heavy atom. The SMILES string of the molecule is O=C(NCc1nnc2ccccn12)Nc1ccccc1Br. The molecule has 3 aromatic rings. The normalized spacial score (nSPS) is 10.5. The van der Waals surface area contributed by atoms with Crippen LogP contribution in [-0.2, 0) is 6.54 Å². The summed E-state index contributed by atoms with van der Waals surface area (Å²) < 4.78 is 2.66. The Bertz CT molecular complexity index is 786. The number of urea groups is 1. The first-order valence-electron chi connectivity index (χ1n) is 6.32. The van der Waals surface area contributed by atoms with Crippen LogP contribution >= 0.6 is 15.9 Å². The van der Waals surface area contributed by atoms with Crippen LogP contribution in [0.4, 0.5) is 10.5 Å². The summed E-state index contributed by atoms with van der Waals surface area (Å²) >= 11 is 3.38. The van der Waals surface area contributed by atoms with E-state index in [0.717, 1.165) is 10.1 Å². The lowest BCUT2D eigenvalue weighted by atomic mass is 10.3. The summed E-state index contributed by atoms with van der Waals surface area (Å²) in [6.07, 6.45) is 1.86. The number of pyridine rings is 1. The van der Waals surface area contributed by atoms with Gasteiger partial charge in [0, 0.05) is 10.7 Å². The fourth-order valence-electron chi connectivity index (χ4n) is 1.90. The van der Waals surface area contributed by atoms with Gasteiger partial charge >= 0.3 is 6.03 Å². The summed E-state index contributed by atoms with van der Waals surface area (Å²) in [6, 6.07) is 12.8. The molecular weight excluding hydrogens is 334 g/mol. The fraction of sp³-hybridized carbons (Fsp3) is 0.0714. The van der Waals surface area contributed by atoms with Crippen molar-refractivity contribution in [1.29, 1.82) is 0 Å². The Balaban J connectivity index is 1.65. The monoisotopic (exact) mass is 345 g/mol. The third-order valence-corrected chi connectivity index (χ3v) is 3.60. The lowest BCUT2D eigenvalue weighted by Gasteiger charge is -2.08. The van der Waals surface area contributed by atoms with Gasteiger partial charge in [0.15, 0.2) is 11.5 Å². The zero-order chi connectivity index (χ0) is 14.7. The van der Waals surface area contributed by atoms with Crippen molar-refractivity contribution in [3.05, 3.63) is 59.0 Å². The number of amides is 2. The van der Waals surface area contributed by atoms with E-state index in [0.29, 0.717) is 18.1 Å². The number of nitrogens with one attached hydrogen (secondary N) is 2. The number of hydrogen-bond acceptors (Lipinski definition) is 3. The Morgan fingerprint density at radius 2 is 1.95 bits per heavy atom. The maximum Gasteiger partial charge on any atom is 0.319 e. The van der Waals surface area contributed by atoms with Crippen LogP contribution in [-0.4, -0.2) is 20.6 Å². The number of anilines is 1. The first-order chi connectivity index (χ1) is 10.2. The molecule has 0 aliphatic heterocycles. The summed E-state index contributed by atoms with van der Waals surface area (Å²) in [7, 11) is 0. The number of benzene rings is 1. The zero-order valence-corrected chi connectivity index (χ0v) is 12.5. The highest BCUT2D eigenvalue weighted by molar-refractivity contribution is 9.10. The number of nitrogens with zero attached hydrogens (tertiary/aromatic N) is 3. The minimum Gasteiger partial charge on any atom is -0.331 e. The number of halogens is 1. The predicted octanol–water partition coefficient (Wildman–Crippen LogP) is 2.81. The first-order valence-corrected chi connectivity index (χ1v) is 7.11. The molecule has 2 N–H and O–H groups in total. The molecule has 0 bridgehead atoms. The van der Waals surface area contributed by atoms with Gasteiger partial charge in [0.25, 0.3) is 0 Å². The molecule has 2 aromatic heterocycles. The van der Waals surface area contributed by atoms with Gasteiger partial charge in [-0.15, -0.1) is 10.2 Å². The van der Waals surface area contributed by atoms with Crippen LogP contribution in [0.15, 0.2) is 53.1 Å². The van der Waals surface area contributed by atoms with E-state index in [4.69, 9.17) is 0 Å². The fourth-order valence-corrected chi connectivity index (χ4v) is 2.28. The second-order valence-corrected chi connectivity index (χ2v) is 5.19. The Morgan fingerprint density at radius 3 is 2.81 bits per heavy atom. The second-order valence-electron chi connectivity index (χ2n) is 4.33. The molecule has 3 rings (SSSR count). The average Bonchev–Trinajstić information content (AvgIpc) is 2.91. The molecule has 1 aromatic carbocycles. The van der Waals surface area contributed by atoms with Gasteiger partial charge in [-0.05, 0) is 40.2 Å². The number of fused-ring (bicyclic) bond motifs is 1. The number of hydrogen-bond donors (Lipinski definition) is 2. The maximum atomic E-state index is 11.9. The summed E-state index contributed by atoms with van der Waals surface area (Å²) in [5, 5.41) is 13.6. The van der Waals surface area contributed by atoms with Crippen molar-refractivity contribution in [2.24, 2.45) is 0 Å². The van der Waals surface area contributed by atoms with Gasteiger partial charge in [-0.2, -0.15) is 0 Å². The third kappa shape index (κ3) is 3.03. The number of rotatable bonds is 3. The van der Waals surface area contributed by atoms with Gasteiger partial charge in [-0.25, -0.2) is 4.79 Å². The van der Waals surface area contributed by atoms with Crippen LogP contribution in [0.5, 0.6) is 0 Å². The van der Waals surface area contributed by atoms with Crippen molar-refractivity contribution in [2.45, 2.75) is 6.54 Å². The van der Waals surface area contributed by atoms with Crippen LogP contribution in [0.1, 0.15) is 5.82 Å².